The van der Waals surface area contributed by atoms with Crippen molar-refractivity contribution < 1.29 is 14.3 Å². The van der Waals surface area contributed by atoms with E-state index in [0.717, 1.165) is 16.8 Å². The fourth-order valence-corrected chi connectivity index (χ4v) is 2.83. The molecule has 0 aliphatic carbocycles. The third-order valence-corrected chi connectivity index (χ3v) is 4.03. The SMILES string of the molecule is O=C(O)c1ccnc(N2Cc3cn(Cc4ccc(F)cc4)nc3C2)n1. The second kappa shape index (κ2) is 5.97. The first-order chi connectivity index (χ1) is 12.1. The molecular formula is C17H14FN5O2. The van der Waals surface area contributed by atoms with Crippen molar-refractivity contribution in [2.75, 3.05) is 4.90 Å². The number of hydrogen-bond acceptors (Lipinski definition) is 5. The van der Waals surface area contributed by atoms with Crippen molar-refractivity contribution in [3.63, 3.8) is 0 Å². The fraction of sp³-hybridized carbons (Fsp3) is 0.176. The molecule has 25 heavy (non-hydrogen) atoms. The van der Waals surface area contributed by atoms with Gasteiger partial charge in [0.25, 0.3) is 0 Å². The summed E-state index contributed by atoms with van der Waals surface area (Å²) in [5.41, 5.74) is 2.89. The first kappa shape index (κ1) is 15.3. The molecule has 126 valence electrons. The standard InChI is InChI=1S/C17H14FN5O2/c18-13-3-1-11(2-4-13)7-23-9-12-8-22(10-15(12)21-23)17-19-6-5-14(20-17)16(24)25/h1-6,9H,7-8,10H2,(H,24,25). The van der Waals surface area contributed by atoms with Gasteiger partial charge in [-0.25, -0.2) is 19.2 Å². The number of fused-ring (bicyclic) bond motifs is 1. The lowest BCUT2D eigenvalue weighted by Gasteiger charge is -2.15. The summed E-state index contributed by atoms with van der Waals surface area (Å²) in [5.74, 6) is -0.959. The highest BCUT2D eigenvalue weighted by Gasteiger charge is 2.25. The Hall–Kier alpha value is -3.29. The molecule has 0 unspecified atom stereocenters. The first-order valence-electron chi connectivity index (χ1n) is 7.69. The molecule has 0 amide bonds. The van der Waals surface area contributed by atoms with E-state index in [0.29, 0.717) is 25.6 Å². The van der Waals surface area contributed by atoms with Crippen LogP contribution in [-0.4, -0.2) is 30.8 Å². The molecule has 0 atom stereocenters. The van der Waals surface area contributed by atoms with Crippen LogP contribution in [0.25, 0.3) is 0 Å². The van der Waals surface area contributed by atoms with E-state index in [1.54, 1.807) is 12.1 Å². The Morgan fingerprint density at radius 1 is 1.20 bits per heavy atom. The van der Waals surface area contributed by atoms with Crippen molar-refractivity contribution in [3.8, 4) is 0 Å². The topological polar surface area (TPSA) is 84.1 Å². The van der Waals surface area contributed by atoms with E-state index in [9.17, 15) is 9.18 Å². The van der Waals surface area contributed by atoms with Gasteiger partial charge in [0.1, 0.15) is 5.82 Å². The van der Waals surface area contributed by atoms with E-state index < -0.39 is 5.97 Å². The van der Waals surface area contributed by atoms with Gasteiger partial charge in [0.05, 0.1) is 18.8 Å². The molecule has 1 aliphatic heterocycles. The Morgan fingerprint density at radius 2 is 2.00 bits per heavy atom. The summed E-state index contributed by atoms with van der Waals surface area (Å²) < 4.78 is 14.8. The maximum Gasteiger partial charge on any atom is 0.354 e. The van der Waals surface area contributed by atoms with Gasteiger partial charge in [0.2, 0.25) is 5.95 Å². The van der Waals surface area contributed by atoms with Crippen LogP contribution in [0.3, 0.4) is 0 Å². The number of aromatic carboxylic acids is 1. The van der Waals surface area contributed by atoms with Gasteiger partial charge in [-0.3, -0.25) is 4.68 Å². The number of carboxylic acids is 1. The van der Waals surface area contributed by atoms with Gasteiger partial charge in [-0.15, -0.1) is 0 Å². The quantitative estimate of drug-likeness (QED) is 0.783. The number of aromatic nitrogens is 4. The van der Waals surface area contributed by atoms with E-state index >= 15 is 0 Å². The van der Waals surface area contributed by atoms with Crippen LogP contribution in [0.2, 0.25) is 0 Å². The number of anilines is 1. The molecule has 0 spiro atoms. The maximum absolute atomic E-state index is 13.0. The Labute approximate surface area is 142 Å². The summed E-state index contributed by atoms with van der Waals surface area (Å²) in [6.07, 6.45) is 3.39. The molecule has 0 bridgehead atoms. The van der Waals surface area contributed by atoms with Crippen molar-refractivity contribution >= 4 is 11.9 Å². The van der Waals surface area contributed by atoms with Gasteiger partial charge in [-0.2, -0.15) is 5.10 Å². The predicted octanol–water partition coefficient (Wildman–Crippen LogP) is 2.08. The van der Waals surface area contributed by atoms with Crippen LogP contribution in [0.5, 0.6) is 0 Å². The van der Waals surface area contributed by atoms with Crippen molar-refractivity contribution in [3.05, 3.63) is 71.1 Å². The van der Waals surface area contributed by atoms with Crippen molar-refractivity contribution in [2.45, 2.75) is 19.6 Å². The lowest BCUT2D eigenvalue weighted by atomic mass is 10.2. The largest absolute Gasteiger partial charge is 0.477 e. The van der Waals surface area contributed by atoms with Gasteiger partial charge < -0.3 is 10.0 Å². The van der Waals surface area contributed by atoms with Crippen molar-refractivity contribution in [2.24, 2.45) is 0 Å². The average Bonchev–Trinajstić information content (AvgIpc) is 3.15. The number of hydrogen-bond donors (Lipinski definition) is 1. The highest BCUT2D eigenvalue weighted by atomic mass is 19.1. The molecule has 0 saturated heterocycles. The van der Waals surface area contributed by atoms with E-state index in [1.807, 2.05) is 15.8 Å². The summed E-state index contributed by atoms with van der Waals surface area (Å²) in [6.45, 7) is 1.66. The Bertz CT molecular complexity index is 915. The van der Waals surface area contributed by atoms with Crippen LogP contribution in [0.4, 0.5) is 10.3 Å². The van der Waals surface area contributed by atoms with E-state index in [4.69, 9.17) is 5.11 Å². The zero-order valence-corrected chi connectivity index (χ0v) is 13.1. The monoisotopic (exact) mass is 339 g/mol. The number of nitrogens with zero attached hydrogens (tertiary/aromatic N) is 5. The Morgan fingerprint density at radius 3 is 2.72 bits per heavy atom. The van der Waals surface area contributed by atoms with Crippen LogP contribution in [0, 0.1) is 5.82 Å². The van der Waals surface area contributed by atoms with Crippen LogP contribution >= 0.6 is 0 Å². The second-order valence-electron chi connectivity index (χ2n) is 5.83. The fourth-order valence-electron chi connectivity index (χ4n) is 2.83. The van der Waals surface area contributed by atoms with E-state index in [1.165, 1.54) is 24.4 Å². The number of halogens is 1. The van der Waals surface area contributed by atoms with Gasteiger partial charge in [0, 0.05) is 24.5 Å². The summed E-state index contributed by atoms with van der Waals surface area (Å²) in [6, 6.07) is 7.70. The van der Waals surface area contributed by atoms with E-state index in [2.05, 4.69) is 15.1 Å². The molecule has 8 heteroatoms. The first-order valence-corrected chi connectivity index (χ1v) is 7.69. The summed E-state index contributed by atoms with van der Waals surface area (Å²) in [7, 11) is 0. The number of carboxylic acid groups (broad SMARTS) is 1. The minimum absolute atomic E-state index is 0.0316. The molecule has 0 saturated carbocycles. The molecular weight excluding hydrogens is 325 g/mol. The second-order valence-corrected chi connectivity index (χ2v) is 5.83. The Kier molecular flexibility index (Phi) is 3.64. The number of rotatable bonds is 4. The minimum atomic E-state index is -1.08. The molecule has 0 fully saturated rings. The van der Waals surface area contributed by atoms with Crippen LogP contribution in [-0.2, 0) is 19.6 Å². The molecule has 4 rings (SSSR count). The molecule has 0 radical (unpaired) electrons. The summed E-state index contributed by atoms with van der Waals surface area (Å²) >= 11 is 0. The van der Waals surface area contributed by atoms with Crippen molar-refractivity contribution in [1.29, 1.82) is 0 Å². The summed E-state index contributed by atoms with van der Waals surface area (Å²) in [4.78, 5) is 21.1. The molecule has 1 aliphatic rings. The van der Waals surface area contributed by atoms with Crippen molar-refractivity contribution in [1.82, 2.24) is 19.7 Å². The number of benzene rings is 1. The summed E-state index contributed by atoms with van der Waals surface area (Å²) in [5, 5.41) is 13.6. The lowest BCUT2D eigenvalue weighted by molar-refractivity contribution is 0.0690. The molecule has 3 heterocycles. The average molecular weight is 339 g/mol. The van der Waals surface area contributed by atoms with E-state index in [-0.39, 0.29) is 11.5 Å². The van der Waals surface area contributed by atoms with Gasteiger partial charge >= 0.3 is 5.97 Å². The molecule has 3 aromatic rings. The third-order valence-electron chi connectivity index (χ3n) is 4.03. The van der Waals surface area contributed by atoms with Gasteiger partial charge in [0.15, 0.2) is 5.69 Å². The maximum atomic E-state index is 13.0. The van der Waals surface area contributed by atoms with Gasteiger partial charge in [-0.05, 0) is 23.8 Å². The molecule has 1 N–H and O–H groups in total. The highest BCUT2D eigenvalue weighted by Crippen LogP contribution is 2.25. The number of carbonyl (C=O) groups is 1. The zero-order chi connectivity index (χ0) is 17.4. The highest BCUT2D eigenvalue weighted by molar-refractivity contribution is 5.85. The van der Waals surface area contributed by atoms with Gasteiger partial charge in [-0.1, -0.05) is 12.1 Å². The Balaban J connectivity index is 1.49. The normalized spacial score (nSPS) is 13.1. The smallest absolute Gasteiger partial charge is 0.354 e. The predicted molar refractivity (Wildman–Crippen MR) is 86.6 cm³/mol. The van der Waals surface area contributed by atoms with Crippen LogP contribution < -0.4 is 4.90 Å². The molecule has 2 aromatic heterocycles. The lowest BCUT2D eigenvalue weighted by Crippen LogP contribution is -2.20. The minimum Gasteiger partial charge on any atom is -0.477 e. The molecule has 1 aromatic carbocycles. The third kappa shape index (κ3) is 3.06. The molecule has 7 nitrogen and oxygen atoms in total. The zero-order valence-electron chi connectivity index (χ0n) is 13.1. The van der Waals surface area contributed by atoms with Crippen LogP contribution in [0.1, 0.15) is 27.3 Å². The van der Waals surface area contributed by atoms with Crippen LogP contribution in [0.15, 0.2) is 42.7 Å².